The van der Waals surface area contributed by atoms with Gasteiger partial charge >= 0.3 is 0 Å². The zero-order valence-electron chi connectivity index (χ0n) is 12.6. The second-order valence-electron chi connectivity index (χ2n) is 5.72. The van der Waals surface area contributed by atoms with Crippen LogP contribution >= 0.6 is 11.3 Å². The Bertz CT molecular complexity index is 516. The lowest BCUT2D eigenvalue weighted by Gasteiger charge is -2.32. The molecule has 1 aromatic rings. The molecule has 0 radical (unpaired) electrons. The maximum Gasteiger partial charge on any atom is 0.279 e. The second kappa shape index (κ2) is 7.64. The van der Waals surface area contributed by atoms with Crippen LogP contribution in [0.3, 0.4) is 0 Å². The van der Waals surface area contributed by atoms with Gasteiger partial charge in [-0.2, -0.15) is 17.4 Å². The van der Waals surface area contributed by atoms with Crippen molar-refractivity contribution < 1.29 is 8.42 Å². The van der Waals surface area contributed by atoms with Crippen LogP contribution in [-0.4, -0.2) is 43.4 Å². The van der Waals surface area contributed by atoms with E-state index in [9.17, 15) is 8.42 Å². The minimum Gasteiger partial charge on any atom is -0.314 e. The lowest BCUT2D eigenvalue weighted by Crippen LogP contribution is -2.47. The molecule has 1 atom stereocenters. The topological polar surface area (TPSA) is 74.3 Å². The quantitative estimate of drug-likeness (QED) is 0.786. The molecule has 1 aliphatic rings. The first-order valence-electron chi connectivity index (χ1n) is 7.33. The molecule has 1 fully saturated rings. The fraction of sp³-hybridized carbons (Fsp3) is 0.769. The van der Waals surface area contributed by atoms with Crippen molar-refractivity contribution in [2.24, 2.45) is 5.92 Å². The third kappa shape index (κ3) is 5.30. The van der Waals surface area contributed by atoms with Crippen molar-refractivity contribution >= 4 is 21.5 Å². The van der Waals surface area contributed by atoms with Crippen molar-refractivity contribution in [3.63, 3.8) is 0 Å². The summed E-state index contributed by atoms with van der Waals surface area (Å²) in [4.78, 5) is 4.87. The van der Waals surface area contributed by atoms with E-state index in [1.807, 2.05) is 0 Å². The van der Waals surface area contributed by atoms with E-state index in [4.69, 9.17) is 0 Å². The number of hydrogen-bond acceptors (Lipinski definition) is 5. The predicted octanol–water partition coefficient (Wildman–Crippen LogP) is 1.19. The number of piperidine rings is 1. The molecule has 8 heteroatoms. The molecular formula is C13H24N4O2S2. The van der Waals surface area contributed by atoms with Gasteiger partial charge in [-0.05, 0) is 25.3 Å². The van der Waals surface area contributed by atoms with E-state index in [0.717, 1.165) is 24.3 Å². The summed E-state index contributed by atoms with van der Waals surface area (Å²) in [6.45, 7) is 6.60. The molecule has 0 aromatic carbocycles. The lowest BCUT2D eigenvalue weighted by atomic mass is 9.99. The summed E-state index contributed by atoms with van der Waals surface area (Å²) in [5, 5.41) is 3.39. The number of hydrogen-bond donors (Lipinski definition) is 2. The Morgan fingerprint density at radius 1 is 1.52 bits per heavy atom. The zero-order valence-corrected chi connectivity index (χ0v) is 14.2. The van der Waals surface area contributed by atoms with Crippen molar-refractivity contribution in [1.82, 2.24) is 19.3 Å². The van der Waals surface area contributed by atoms with Crippen LogP contribution in [0.25, 0.3) is 0 Å². The number of rotatable bonds is 7. The van der Waals surface area contributed by atoms with Gasteiger partial charge in [0.1, 0.15) is 0 Å². The molecule has 120 valence electrons. The average Bonchev–Trinajstić information content (AvgIpc) is 2.97. The predicted molar refractivity (Wildman–Crippen MR) is 85.3 cm³/mol. The van der Waals surface area contributed by atoms with Crippen LogP contribution in [0.2, 0.25) is 0 Å². The highest BCUT2D eigenvalue weighted by Crippen LogP contribution is 2.18. The van der Waals surface area contributed by atoms with Gasteiger partial charge in [0.25, 0.3) is 10.2 Å². The Morgan fingerprint density at radius 2 is 2.33 bits per heavy atom. The van der Waals surface area contributed by atoms with Crippen molar-refractivity contribution in [3.8, 4) is 0 Å². The second-order valence-corrected chi connectivity index (χ2v) is 8.45. The van der Waals surface area contributed by atoms with Crippen LogP contribution in [0.4, 0.5) is 0 Å². The van der Waals surface area contributed by atoms with Gasteiger partial charge < -0.3 is 5.32 Å². The van der Waals surface area contributed by atoms with Crippen LogP contribution in [0, 0.1) is 5.92 Å². The summed E-state index contributed by atoms with van der Waals surface area (Å²) in [6, 6.07) is 0.432. The molecule has 0 aliphatic carbocycles. The van der Waals surface area contributed by atoms with Gasteiger partial charge in [-0.15, -0.1) is 11.3 Å². The number of aromatic nitrogens is 1. The van der Waals surface area contributed by atoms with E-state index in [2.05, 4.69) is 28.9 Å². The number of nitrogens with one attached hydrogen (secondary N) is 2. The monoisotopic (exact) mass is 332 g/mol. The molecule has 1 unspecified atom stereocenters. The summed E-state index contributed by atoms with van der Waals surface area (Å²) in [5.74, 6) is 0.390. The van der Waals surface area contributed by atoms with Crippen LogP contribution in [0.5, 0.6) is 0 Å². The Balaban J connectivity index is 1.86. The molecule has 0 bridgehead atoms. The van der Waals surface area contributed by atoms with Crippen LogP contribution in [0.15, 0.2) is 11.7 Å². The summed E-state index contributed by atoms with van der Waals surface area (Å²) >= 11 is 1.46. The third-order valence-electron chi connectivity index (χ3n) is 3.55. The Morgan fingerprint density at radius 3 is 3.00 bits per heavy atom. The maximum atomic E-state index is 12.3. The van der Waals surface area contributed by atoms with Gasteiger partial charge in [0.2, 0.25) is 0 Å². The van der Waals surface area contributed by atoms with Gasteiger partial charge in [0.15, 0.2) is 0 Å². The largest absolute Gasteiger partial charge is 0.314 e. The fourth-order valence-electron chi connectivity index (χ4n) is 2.40. The van der Waals surface area contributed by atoms with E-state index in [1.54, 1.807) is 16.0 Å². The van der Waals surface area contributed by atoms with Gasteiger partial charge in [-0.1, -0.05) is 13.8 Å². The molecule has 21 heavy (non-hydrogen) atoms. The standard InChI is InChI=1S/C13H24N4O2S2/c1-11(2)15-6-12-4-3-5-17(9-12)21(18,19)16-8-13-7-14-10-20-13/h7,10-12,15-16H,3-6,8-9H2,1-2H3. The Labute approximate surface area is 131 Å². The highest BCUT2D eigenvalue weighted by Gasteiger charge is 2.28. The average molecular weight is 332 g/mol. The van der Waals surface area contributed by atoms with Crippen molar-refractivity contribution in [1.29, 1.82) is 0 Å². The Kier molecular flexibility index (Phi) is 6.12. The van der Waals surface area contributed by atoms with E-state index >= 15 is 0 Å². The SMILES string of the molecule is CC(C)NCC1CCCN(S(=O)(=O)NCc2cncs2)C1. The van der Waals surface area contributed by atoms with Crippen molar-refractivity contribution in [2.75, 3.05) is 19.6 Å². The molecule has 0 spiro atoms. The molecule has 0 amide bonds. The zero-order chi connectivity index (χ0) is 15.3. The number of nitrogens with zero attached hydrogens (tertiary/aromatic N) is 2. The first-order valence-corrected chi connectivity index (χ1v) is 9.65. The molecule has 2 rings (SSSR count). The highest BCUT2D eigenvalue weighted by molar-refractivity contribution is 7.87. The normalized spacial score (nSPS) is 21.0. The first-order chi connectivity index (χ1) is 9.97. The lowest BCUT2D eigenvalue weighted by molar-refractivity contribution is 0.254. The van der Waals surface area contributed by atoms with Gasteiger partial charge in [-0.25, -0.2) is 0 Å². The summed E-state index contributed by atoms with van der Waals surface area (Å²) in [6.07, 6.45) is 3.70. The first kappa shape index (κ1) is 16.8. The molecule has 2 N–H and O–H groups in total. The minimum atomic E-state index is -3.40. The van der Waals surface area contributed by atoms with Gasteiger partial charge in [0.05, 0.1) is 5.51 Å². The van der Waals surface area contributed by atoms with E-state index < -0.39 is 10.2 Å². The van der Waals surface area contributed by atoms with Gasteiger partial charge in [0, 0.05) is 36.8 Å². The molecule has 1 aliphatic heterocycles. The maximum absolute atomic E-state index is 12.3. The Hall–Kier alpha value is -0.540. The molecule has 1 saturated heterocycles. The van der Waals surface area contributed by atoms with E-state index in [-0.39, 0.29) is 0 Å². The van der Waals surface area contributed by atoms with Gasteiger partial charge in [-0.3, -0.25) is 4.98 Å². The summed E-state index contributed by atoms with van der Waals surface area (Å²) in [5.41, 5.74) is 1.71. The van der Waals surface area contributed by atoms with Crippen LogP contribution in [-0.2, 0) is 16.8 Å². The minimum absolute atomic E-state index is 0.318. The smallest absolute Gasteiger partial charge is 0.279 e. The molecule has 6 nitrogen and oxygen atoms in total. The summed E-state index contributed by atoms with van der Waals surface area (Å²) < 4.78 is 28.9. The highest BCUT2D eigenvalue weighted by atomic mass is 32.2. The molecule has 1 aromatic heterocycles. The molecule has 2 heterocycles. The van der Waals surface area contributed by atoms with Crippen molar-refractivity contribution in [3.05, 3.63) is 16.6 Å². The molecule has 0 saturated carbocycles. The number of thiazole rings is 1. The van der Waals surface area contributed by atoms with Crippen LogP contribution in [0.1, 0.15) is 31.6 Å². The third-order valence-corrected chi connectivity index (χ3v) is 5.85. The van der Waals surface area contributed by atoms with E-state index in [1.165, 1.54) is 11.3 Å². The van der Waals surface area contributed by atoms with E-state index in [0.29, 0.717) is 31.6 Å². The molecular weight excluding hydrogens is 308 g/mol. The van der Waals surface area contributed by atoms with Crippen molar-refractivity contribution in [2.45, 2.75) is 39.3 Å². The fourth-order valence-corrected chi connectivity index (χ4v) is 4.32. The summed E-state index contributed by atoms with van der Waals surface area (Å²) in [7, 11) is -3.40. The van der Waals surface area contributed by atoms with Crippen LogP contribution < -0.4 is 10.0 Å².